The first-order chi connectivity index (χ1) is 9.29. The number of carbonyl (C=O) groups is 1. The molecule has 0 aliphatic heterocycles. The van der Waals surface area contributed by atoms with Gasteiger partial charge in [-0.3, -0.25) is 4.79 Å². The van der Waals surface area contributed by atoms with Crippen molar-refractivity contribution in [2.75, 3.05) is 13.2 Å². The van der Waals surface area contributed by atoms with Crippen molar-refractivity contribution in [3.63, 3.8) is 0 Å². The second kappa shape index (κ2) is 6.70. The normalized spacial score (nSPS) is 11.2. The highest BCUT2D eigenvalue weighted by molar-refractivity contribution is 5.91. The lowest BCUT2D eigenvalue weighted by Crippen LogP contribution is -2.22. The van der Waals surface area contributed by atoms with E-state index in [0.717, 1.165) is 11.9 Å². The molecular formula is C14H16N2O3. The monoisotopic (exact) mass is 260 g/mol. The minimum atomic E-state index is -0.194. The number of aliphatic hydroxyl groups excluding tert-OH is 1. The number of aliphatic hydroxyl groups is 1. The maximum atomic E-state index is 11.5. The van der Waals surface area contributed by atoms with Crippen LogP contribution in [0.2, 0.25) is 0 Å². The molecule has 2 aromatic rings. The number of carbonyl (C=O) groups excluding carboxylic acids is 1. The molecule has 1 heterocycles. The summed E-state index contributed by atoms with van der Waals surface area (Å²) in [5, 5.41) is 11.3. The van der Waals surface area contributed by atoms with Gasteiger partial charge in [-0.15, -0.1) is 0 Å². The van der Waals surface area contributed by atoms with Gasteiger partial charge in [-0.1, -0.05) is 12.1 Å². The number of aromatic nitrogens is 1. The topological polar surface area (TPSA) is 75.4 Å². The number of unbranched alkanes of at least 4 members (excludes halogenated alkanes) is 1. The van der Waals surface area contributed by atoms with Crippen molar-refractivity contribution in [2.45, 2.75) is 12.8 Å². The van der Waals surface area contributed by atoms with Crippen LogP contribution in [0.25, 0.3) is 17.2 Å². The van der Waals surface area contributed by atoms with E-state index in [1.807, 2.05) is 24.3 Å². The van der Waals surface area contributed by atoms with Gasteiger partial charge in [0.15, 0.2) is 5.58 Å². The zero-order valence-corrected chi connectivity index (χ0v) is 10.5. The lowest BCUT2D eigenvalue weighted by atomic mass is 10.3. The van der Waals surface area contributed by atoms with Gasteiger partial charge in [-0.2, -0.15) is 0 Å². The fourth-order valence-corrected chi connectivity index (χ4v) is 1.62. The third-order valence-corrected chi connectivity index (χ3v) is 2.57. The van der Waals surface area contributed by atoms with Crippen molar-refractivity contribution in [1.82, 2.24) is 10.3 Å². The van der Waals surface area contributed by atoms with Crippen molar-refractivity contribution in [3.8, 4) is 0 Å². The van der Waals surface area contributed by atoms with Crippen molar-refractivity contribution < 1.29 is 14.3 Å². The van der Waals surface area contributed by atoms with Crippen molar-refractivity contribution in [2.24, 2.45) is 0 Å². The summed E-state index contributed by atoms with van der Waals surface area (Å²) in [6.45, 7) is 0.700. The van der Waals surface area contributed by atoms with Gasteiger partial charge in [0.2, 0.25) is 11.8 Å². The minimum Gasteiger partial charge on any atom is -0.437 e. The van der Waals surface area contributed by atoms with Crippen LogP contribution in [0.3, 0.4) is 0 Å². The van der Waals surface area contributed by atoms with Crippen LogP contribution in [0.15, 0.2) is 34.8 Å². The first-order valence-electron chi connectivity index (χ1n) is 6.22. The van der Waals surface area contributed by atoms with Crippen LogP contribution in [-0.4, -0.2) is 29.1 Å². The number of hydrogen-bond donors (Lipinski definition) is 2. The number of benzene rings is 1. The van der Waals surface area contributed by atoms with E-state index in [1.54, 1.807) is 6.08 Å². The molecule has 0 spiro atoms. The maximum absolute atomic E-state index is 11.5. The molecule has 2 N–H and O–H groups in total. The van der Waals surface area contributed by atoms with E-state index in [1.165, 1.54) is 6.08 Å². The Balaban J connectivity index is 1.89. The molecule has 0 saturated heterocycles. The highest BCUT2D eigenvalue weighted by Crippen LogP contribution is 2.15. The second-order valence-electron chi connectivity index (χ2n) is 4.07. The molecular weight excluding hydrogens is 244 g/mol. The molecule has 100 valence electrons. The quantitative estimate of drug-likeness (QED) is 0.612. The number of para-hydroxylation sites is 2. The summed E-state index contributed by atoms with van der Waals surface area (Å²) >= 11 is 0. The van der Waals surface area contributed by atoms with E-state index in [2.05, 4.69) is 10.3 Å². The van der Waals surface area contributed by atoms with E-state index >= 15 is 0 Å². The lowest BCUT2D eigenvalue weighted by molar-refractivity contribution is -0.116. The Morgan fingerprint density at radius 1 is 1.37 bits per heavy atom. The standard InChI is InChI=1S/C14H16N2O3/c17-10-4-3-9-15-13(18)7-8-14-16-11-5-1-2-6-12(11)19-14/h1-2,5-8,17H,3-4,9-10H2,(H,15,18)/b8-7+. The summed E-state index contributed by atoms with van der Waals surface area (Å²) in [6, 6.07) is 7.43. The third-order valence-electron chi connectivity index (χ3n) is 2.57. The predicted molar refractivity (Wildman–Crippen MR) is 72.4 cm³/mol. The van der Waals surface area contributed by atoms with Crippen LogP contribution in [-0.2, 0) is 4.79 Å². The molecule has 2 rings (SSSR count). The highest BCUT2D eigenvalue weighted by atomic mass is 16.3. The van der Waals surface area contributed by atoms with Crippen LogP contribution in [0.4, 0.5) is 0 Å². The highest BCUT2D eigenvalue weighted by Gasteiger charge is 2.02. The molecule has 0 saturated carbocycles. The zero-order chi connectivity index (χ0) is 13.5. The molecule has 0 fully saturated rings. The summed E-state index contributed by atoms with van der Waals surface area (Å²) in [4.78, 5) is 15.7. The van der Waals surface area contributed by atoms with Crippen LogP contribution >= 0.6 is 0 Å². The number of nitrogens with one attached hydrogen (secondary N) is 1. The van der Waals surface area contributed by atoms with Crippen LogP contribution in [0.1, 0.15) is 18.7 Å². The molecule has 1 aromatic carbocycles. The Kier molecular flexibility index (Phi) is 4.69. The summed E-state index contributed by atoms with van der Waals surface area (Å²) in [7, 11) is 0. The van der Waals surface area contributed by atoms with Gasteiger partial charge in [0.1, 0.15) is 5.52 Å². The molecule has 19 heavy (non-hydrogen) atoms. The fraction of sp³-hybridized carbons (Fsp3) is 0.286. The fourth-order valence-electron chi connectivity index (χ4n) is 1.62. The molecule has 5 nitrogen and oxygen atoms in total. The summed E-state index contributed by atoms with van der Waals surface area (Å²) in [5.74, 6) is 0.215. The summed E-state index contributed by atoms with van der Waals surface area (Å²) < 4.78 is 5.45. The minimum absolute atomic E-state index is 0.147. The first kappa shape index (κ1) is 13.3. The van der Waals surface area contributed by atoms with E-state index in [9.17, 15) is 4.79 Å². The van der Waals surface area contributed by atoms with E-state index in [0.29, 0.717) is 24.4 Å². The molecule has 0 aliphatic rings. The molecule has 0 unspecified atom stereocenters. The Labute approximate surface area is 110 Å². The van der Waals surface area contributed by atoms with Crippen molar-refractivity contribution >= 4 is 23.1 Å². The molecule has 0 radical (unpaired) electrons. The van der Waals surface area contributed by atoms with Crippen molar-refractivity contribution in [3.05, 3.63) is 36.2 Å². The first-order valence-corrected chi connectivity index (χ1v) is 6.22. The number of nitrogens with zero attached hydrogens (tertiary/aromatic N) is 1. The average Bonchev–Trinajstić information content (AvgIpc) is 2.84. The Bertz CT molecular complexity index is 542. The van der Waals surface area contributed by atoms with Crippen LogP contribution in [0, 0.1) is 0 Å². The lowest BCUT2D eigenvalue weighted by Gasteiger charge is -1.99. The van der Waals surface area contributed by atoms with Gasteiger partial charge in [0, 0.05) is 25.3 Å². The van der Waals surface area contributed by atoms with Gasteiger partial charge in [-0.25, -0.2) is 4.98 Å². The van der Waals surface area contributed by atoms with E-state index in [-0.39, 0.29) is 12.5 Å². The molecule has 5 heteroatoms. The number of fused-ring (bicyclic) bond motifs is 1. The van der Waals surface area contributed by atoms with Gasteiger partial charge in [0.05, 0.1) is 0 Å². The zero-order valence-electron chi connectivity index (χ0n) is 10.5. The van der Waals surface area contributed by atoms with Gasteiger partial charge in [-0.05, 0) is 25.0 Å². The largest absolute Gasteiger partial charge is 0.437 e. The Morgan fingerprint density at radius 2 is 2.21 bits per heavy atom. The third kappa shape index (κ3) is 3.93. The smallest absolute Gasteiger partial charge is 0.244 e. The second-order valence-corrected chi connectivity index (χ2v) is 4.07. The number of oxazole rings is 1. The van der Waals surface area contributed by atoms with E-state index in [4.69, 9.17) is 9.52 Å². The van der Waals surface area contributed by atoms with Gasteiger partial charge >= 0.3 is 0 Å². The Hall–Kier alpha value is -2.14. The van der Waals surface area contributed by atoms with Crippen molar-refractivity contribution in [1.29, 1.82) is 0 Å². The SMILES string of the molecule is O=C(/C=C/c1nc2ccccc2o1)NCCCCO. The Morgan fingerprint density at radius 3 is 3.00 bits per heavy atom. The number of hydrogen-bond acceptors (Lipinski definition) is 4. The average molecular weight is 260 g/mol. The molecule has 0 bridgehead atoms. The molecule has 0 atom stereocenters. The van der Waals surface area contributed by atoms with Crippen LogP contribution in [0.5, 0.6) is 0 Å². The predicted octanol–water partition coefficient (Wildman–Crippen LogP) is 1.73. The van der Waals surface area contributed by atoms with Gasteiger partial charge in [0.25, 0.3) is 0 Å². The van der Waals surface area contributed by atoms with Gasteiger partial charge < -0.3 is 14.8 Å². The number of amides is 1. The van der Waals surface area contributed by atoms with E-state index < -0.39 is 0 Å². The summed E-state index contributed by atoms with van der Waals surface area (Å²) in [5.41, 5.74) is 1.47. The molecule has 1 aromatic heterocycles. The molecule has 0 aliphatic carbocycles. The van der Waals surface area contributed by atoms with Crippen LogP contribution < -0.4 is 5.32 Å². The summed E-state index contributed by atoms with van der Waals surface area (Å²) in [6.07, 6.45) is 4.39. The number of rotatable bonds is 6. The maximum Gasteiger partial charge on any atom is 0.244 e. The molecule has 1 amide bonds.